The van der Waals surface area contributed by atoms with Crippen molar-refractivity contribution in [3.05, 3.63) is 46.8 Å². The lowest BCUT2D eigenvalue weighted by Crippen LogP contribution is -2.12. The number of halogens is 1. The summed E-state index contributed by atoms with van der Waals surface area (Å²) in [6.07, 6.45) is 2.03. The van der Waals surface area contributed by atoms with Crippen LogP contribution >= 0.6 is 27.7 Å². The zero-order valence-corrected chi connectivity index (χ0v) is 16.2. The van der Waals surface area contributed by atoms with E-state index in [-0.39, 0.29) is 5.91 Å². The Morgan fingerprint density at radius 3 is 2.72 bits per heavy atom. The molecular formula is C17H17BrN4O2S. The molecule has 3 rings (SSSR count). The van der Waals surface area contributed by atoms with Crippen LogP contribution in [-0.4, -0.2) is 26.4 Å². The van der Waals surface area contributed by atoms with E-state index >= 15 is 0 Å². The minimum atomic E-state index is -0.0251. The molecule has 0 aliphatic carbocycles. The van der Waals surface area contributed by atoms with Gasteiger partial charge in [-0.2, -0.15) is 0 Å². The number of carbonyl (C=O) groups excluding carboxylic acids is 1. The van der Waals surface area contributed by atoms with Crippen molar-refractivity contribution in [2.75, 3.05) is 11.1 Å². The highest BCUT2D eigenvalue weighted by molar-refractivity contribution is 9.10. The van der Waals surface area contributed by atoms with Gasteiger partial charge in [-0.25, -0.2) is 0 Å². The molecule has 0 saturated heterocycles. The fourth-order valence-corrected chi connectivity index (χ4v) is 3.40. The van der Waals surface area contributed by atoms with Crippen molar-refractivity contribution in [3.63, 3.8) is 0 Å². The van der Waals surface area contributed by atoms with E-state index in [9.17, 15) is 4.79 Å². The molecule has 6 nitrogen and oxygen atoms in total. The third kappa shape index (κ3) is 4.32. The molecule has 130 valence electrons. The number of rotatable bonds is 6. The molecule has 3 aromatic rings. The maximum absolute atomic E-state index is 12.0. The van der Waals surface area contributed by atoms with Crippen LogP contribution in [0.15, 0.2) is 50.6 Å². The Morgan fingerprint density at radius 1 is 1.28 bits per heavy atom. The number of aromatic nitrogens is 3. The van der Waals surface area contributed by atoms with Crippen LogP contribution in [0, 0.1) is 6.92 Å². The molecule has 0 unspecified atom stereocenters. The zero-order chi connectivity index (χ0) is 17.8. The fourth-order valence-electron chi connectivity index (χ4n) is 2.28. The van der Waals surface area contributed by atoms with Crippen molar-refractivity contribution in [3.8, 4) is 11.4 Å². The van der Waals surface area contributed by atoms with Gasteiger partial charge in [0.1, 0.15) is 5.76 Å². The molecule has 0 saturated carbocycles. The zero-order valence-electron chi connectivity index (χ0n) is 13.8. The molecule has 2 aromatic heterocycles. The van der Waals surface area contributed by atoms with E-state index in [2.05, 4.69) is 31.4 Å². The second kappa shape index (κ2) is 7.88. The molecule has 2 heterocycles. The van der Waals surface area contributed by atoms with Crippen LogP contribution in [0.5, 0.6) is 0 Å². The summed E-state index contributed by atoms with van der Waals surface area (Å²) in [5.74, 6) is 2.16. The van der Waals surface area contributed by atoms with E-state index in [1.54, 1.807) is 6.26 Å². The minimum Gasteiger partial charge on any atom is -0.469 e. The molecule has 1 aromatic carbocycles. The summed E-state index contributed by atoms with van der Waals surface area (Å²) in [4.78, 5) is 12.0. The van der Waals surface area contributed by atoms with E-state index in [1.165, 1.54) is 11.8 Å². The Balaban J connectivity index is 1.54. The lowest BCUT2D eigenvalue weighted by Gasteiger charge is -2.05. The Bertz CT molecular complexity index is 873. The van der Waals surface area contributed by atoms with Gasteiger partial charge in [0, 0.05) is 29.4 Å². The SMILES string of the molecule is Cc1occc1-c1nnc(SCCC(=O)Nc2ccc(Br)cc2)n1C. The monoisotopic (exact) mass is 420 g/mol. The number of anilines is 1. The summed E-state index contributed by atoms with van der Waals surface area (Å²) in [7, 11) is 1.91. The molecule has 1 N–H and O–H groups in total. The highest BCUT2D eigenvalue weighted by Gasteiger charge is 2.15. The molecule has 1 amide bonds. The first kappa shape index (κ1) is 17.8. The van der Waals surface area contributed by atoms with Crippen LogP contribution in [0.1, 0.15) is 12.2 Å². The van der Waals surface area contributed by atoms with Crippen LogP contribution in [0.2, 0.25) is 0 Å². The number of nitrogens with one attached hydrogen (secondary N) is 1. The molecule has 0 radical (unpaired) electrons. The van der Waals surface area contributed by atoms with Gasteiger partial charge in [0.2, 0.25) is 5.91 Å². The number of benzene rings is 1. The smallest absolute Gasteiger partial charge is 0.225 e. The third-order valence-corrected chi connectivity index (χ3v) is 5.17. The van der Waals surface area contributed by atoms with Crippen molar-refractivity contribution in [1.82, 2.24) is 14.8 Å². The van der Waals surface area contributed by atoms with E-state index < -0.39 is 0 Å². The largest absolute Gasteiger partial charge is 0.469 e. The van der Waals surface area contributed by atoms with Gasteiger partial charge in [-0.15, -0.1) is 10.2 Å². The summed E-state index contributed by atoms with van der Waals surface area (Å²) < 4.78 is 8.21. The highest BCUT2D eigenvalue weighted by Crippen LogP contribution is 2.26. The topological polar surface area (TPSA) is 72.9 Å². The number of nitrogens with zero attached hydrogens (tertiary/aromatic N) is 3. The number of carbonyl (C=O) groups is 1. The summed E-state index contributed by atoms with van der Waals surface area (Å²) >= 11 is 4.87. The van der Waals surface area contributed by atoms with Crippen molar-refractivity contribution >= 4 is 39.3 Å². The van der Waals surface area contributed by atoms with E-state index in [0.29, 0.717) is 12.2 Å². The number of thioether (sulfide) groups is 1. The van der Waals surface area contributed by atoms with Gasteiger partial charge >= 0.3 is 0 Å². The first-order valence-corrected chi connectivity index (χ1v) is 9.44. The Morgan fingerprint density at radius 2 is 2.04 bits per heavy atom. The predicted molar refractivity (Wildman–Crippen MR) is 102 cm³/mol. The molecule has 0 bridgehead atoms. The van der Waals surface area contributed by atoms with Gasteiger partial charge in [-0.3, -0.25) is 4.79 Å². The molecule has 0 aliphatic rings. The summed E-state index contributed by atoms with van der Waals surface area (Å²) in [5, 5.41) is 12.1. The summed E-state index contributed by atoms with van der Waals surface area (Å²) in [6, 6.07) is 9.38. The Kier molecular flexibility index (Phi) is 5.60. The van der Waals surface area contributed by atoms with Gasteiger partial charge in [0.25, 0.3) is 0 Å². The van der Waals surface area contributed by atoms with Crippen molar-refractivity contribution in [1.29, 1.82) is 0 Å². The average Bonchev–Trinajstić information content (AvgIpc) is 3.16. The van der Waals surface area contributed by atoms with Crippen LogP contribution in [0.3, 0.4) is 0 Å². The number of amides is 1. The second-order valence-electron chi connectivity index (χ2n) is 5.41. The third-order valence-electron chi connectivity index (χ3n) is 3.62. The highest BCUT2D eigenvalue weighted by atomic mass is 79.9. The van der Waals surface area contributed by atoms with Gasteiger partial charge in [0.05, 0.1) is 11.8 Å². The van der Waals surface area contributed by atoms with Gasteiger partial charge in [0.15, 0.2) is 11.0 Å². The van der Waals surface area contributed by atoms with Crippen LogP contribution in [-0.2, 0) is 11.8 Å². The Labute approximate surface area is 158 Å². The fraction of sp³-hybridized carbons (Fsp3) is 0.235. The second-order valence-corrected chi connectivity index (χ2v) is 7.39. The minimum absolute atomic E-state index is 0.0251. The average molecular weight is 421 g/mol. The predicted octanol–water partition coefficient (Wildman–Crippen LogP) is 4.27. The molecule has 25 heavy (non-hydrogen) atoms. The molecular weight excluding hydrogens is 404 g/mol. The molecule has 0 atom stereocenters. The van der Waals surface area contributed by atoms with Crippen molar-refractivity contribution in [2.45, 2.75) is 18.5 Å². The number of hydrogen-bond donors (Lipinski definition) is 1. The summed E-state index contributed by atoms with van der Waals surface area (Å²) in [6.45, 7) is 1.89. The van der Waals surface area contributed by atoms with E-state index in [4.69, 9.17) is 4.42 Å². The summed E-state index contributed by atoms with van der Waals surface area (Å²) in [5.41, 5.74) is 1.71. The number of aryl methyl sites for hydroxylation is 1. The van der Waals surface area contributed by atoms with Crippen LogP contribution in [0.25, 0.3) is 11.4 Å². The molecule has 0 aliphatic heterocycles. The number of furan rings is 1. The lowest BCUT2D eigenvalue weighted by atomic mass is 10.2. The maximum atomic E-state index is 12.0. The van der Waals surface area contributed by atoms with Gasteiger partial charge < -0.3 is 14.3 Å². The first-order chi connectivity index (χ1) is 12.0. The molecule has 8 heteroatoms. The van der Waals surface area contributed by atoms with Crippen molar-refractivity contribution in [2.24, 2.45) is 7.05 Å². The first-order valence-electron chi connectivity index (χ1n) is 7.66. The molecule has 0 spiro atoms. The van der Waals surface area contributed by atoms with Gasteiger partial charge in [-0.1, -0.05) is 27.7 Å². The van der Waals surface area contributed by atoms with Gasteiger partial charge in [-0.05, 0) is 37.3 Å². The van der Waals surface area contributed by atoms with E-state index in [0.717, 1.165) is 32.5 Å². The lowest BCUT2D eigenvalue weighted by molar-refractivity contribution is -0.115. The number of hydrogen-bond acceptors (Lipinski definition) is 5. The standard InChI is InChI=1S/C17H17BrN4O2S/c1-11-14(7-9-24-11)16-20-21-17(22(16)2)25-10-8-15(23)19-13-5-3-12(18)4-6-13/h3-7,9H,8,10H2,1-2H3,(H,19,23). The molecule has 0 fully saturated rings. The normalized spacial score (nSPS) is 10.8. The van der Waals surface area contributed by atoms with Crippen LogP contribution < -0.4 is 5.32 Å². The van der Waals surface area contributed by atoms with E-state index in [1.807, 2.05) is 48.9 Å². The van der Waals surface area contributed by atoms with Crippen molar-refractivity contribution < 1.29 is 9.21 Å². The Hall–Kier alpha value is -2.06. The maximum Gasteiger partial charge on any atom is 0.225 e. The van der Waals surface area contributed by atoms with Crippen LogP contribution in [0.4, 0.5) is 5.69 Å². The quantitative estimate of drug-likeness (QED) is 0.602.